The molecule has 0 amide bonds. The lowest BCUT2D eigenvalue weighted by Gasteiger charge is -2.33. The first-order valence-corrected chi connectivity index (χ1v) is 6.39. The van der Waals surface area contributed by atoms with Crippen LogP contribution in [0.4, 0.5) is 0 Å². The van der Waals surface area contributed by atoms with E-state index in [0.717, 1.165) is 11.8 Å². The van der Waals surface area contributed by atoms with Gasteiger partial charge in [0.05, 0.1) is 0 Å². The van der Waals surface area contributed by atoms with Crippen molar-refractivity contribution < 1.29 is 0 Å². The van der Waals surface area contributed by atoms with Gasteiger partial charge in [0.15, 0.2) is 0 Å². The summed E-state index contributed by atoms with van der Waals surface area (Å²) in [5, 5.41) is 3.65. The van der Waals surface area contributed by atoms with E-state index in [1.165, 1.54) is 32.1 Å². The molecule has 0 aromatic rings. The molecule has 0 aromatic heterocycles. The third-order valence-electron chi connectivity index (χ3n) is 3.77. The highest BCUT2D eigenvalue weighted by Gasteiger charge is 2.24. The average Bonchev–Trinajstić information content (AvgIpc) is 2.17. The van der Waals surface area contributed by atoms with E-state index in [1.807, 2.05) is 0 Å². The second-order valence-electron chi connectivity index (χ2n) is 5.30. The molecular weight excluding hydrogens is 170 g/mol. The third kappa shape index (κ3) is 3.61. The molecule has 0 bridgehead atoms. The van der Waals surface area contributed by atoms with E-state index in [2.05, 4.69) is 33.0 Å². The molecule has 0 aromatic carbocycles. The molecule has 0 radical (unpaired) electrons. The van der Waals surface area contributed by atoms with Gasteiger partial charge in [-0.1, -0.05) is 40.0 Å². The fourth-order valence-corrected chi connectivity index (χ4v) is 2.76. The standard InChI is InChI=1S/C13H27N/c1-5-12-6-8-13(9-7-12)11(4)14-10(2)3/h10-14H,5-9H2,1-4H3/t11-,12?,13?/m0/s1. The third-order valence-corrected chi connectivity index (χ3v) is 3.77. The van der Waals surface area contributed by atoms with Crippen LogP contribution in [0.5, 0.6) is 0 Å². The summed E-state index contributed by atoms with van der Waals surface area (Å²) in [5.41, 5.74) is 0. The van der Waals surface area contributed by atoms with E-state index in [0.29, 0.717) is 12.1 Å². The van der Waals surface area contributed by atoms with Crippen molar-refractivity contribution >= 4 is 0 Å². The van der Waals surface area contributed by atoms with Gasteiger partial charge in [0, 0.05) is 12.1 Å². The van der Waals surface area contributed by atoms with E-state index < -0.39 is 0 Å². The van der Waals surface area contributed by atoms with E-state index in [1.54, 1.807) is 0 Å². The van der Waals surface area contributed by atoms with Gasteiger partial charge in [0.25, 0.3) is 0 Å². The zero-order valence-corrected chi connectivity index (χ0v) is 10.3. The molecule has 1 aliphatic rings. The molecule has 0 spiro atoms. The Bertz CT molecular complexity index is 145. The summed E-state index contributed by atoms with van der Waals surface area (Å²) >= 11 is 0. The first-order valence-electron chi connectivity index (χ1n) is 6.39. The Balaban J connectivity index is 2.26. The molecule has 1 heteroatoms. The lowest BCUT2D eigenvalue weighted by atomic mass is 9.78. The smallest absolute Gasteiger partial charge is 0.00693 e. The molecule has 0 unspecified atom stereocenters. The minimum Gasteiger partial charge on any atom is -0.312 e. The highest BCUT2D eigenvalue weighted by atomic mass is 14.9. The Hall–Kier alpha value is -0.0400. The Kier molecular flexibility index (Phi) is 4.94. The first-order chi connectivity index (χ1) is 6.63. The van der Waals surface area contributed by atoms with Crippen molar-refractivity contribution in [2.24, 2.45) is 11.8 Å². The lowest BCUT2D eigenvalue weighted by Crippen LogP contribution is -2.39. The van der Waals surface area contributed by atoms with Gasteiger partial charge in [-0.15, -0.1) is 0 Å². The van der Waals surface area contributed by atoms with Crippen molar-refractivity contribution in [2.45, 2.75) is 71.9 Å². The minimum atomic E-state index is 0.633. The summed E-state index contributed by atoms with van der Waals surface area (Å²) in [7, 11) is 0. The van der Waals surface area contributed by atoms with Gasteiger partial charge in [-0.2, -0.15) is 0 Å². The van der Waals surface area contributed by atoms with Crippen molar-refractivity contribution in [1.29, 1.82) is 0 Å². The van der Waals surface area contributed by atoms with Crippen molar-refractivity contribution in [2.75, 3.05) is 0 Å². The first kappa shape index (κ1) is 12.0. The summed E-state index contributed by atoms with van der Waals surface area (Å²) in [4.78, 5) is 0. The molecular formula is C13H27N. The summed E-state index contributed by atoms with van der Waals surface area (Å²) in [6.45, 7) is 9.18. The Morgan fingerprint density at radius 3 is 2.07 bits per heavy atom. The molecule has 0 aliphatic heterocycles. The highest BCUT2D eigenvalue weighted by molar-refractivity contribution is 4.79. The van der Waals surface area contributed by atoms with Gasteiger partial charge in [-0.05, 0) is 31.6 Å². The molecule has 14 heavy (non-hydrogen) atoms. The number of hydrogen-bond donors (Lipinski definition) is 1. The second-order valence-corrected chi connectivity index (χ2v) is 5.30. The zero-order valence-electron chi connectivity index (χ0n) is 10.3. The van der Waals surface area contributed by atoms with Crippen LogP contribution in [-0.2, 0) is 0 Å². The molecule has 1 atom stereocenters. The quantitative estimate of drug-likeness (QED) is 0.726. The van der Waals surface area contributed by atoms with Crippen LogP contribution in [0.1, 0.15) is 59.8 Å². The summed E-state index contributed by atoms with van der Waals surface area (Å²) in [6.07, 6.45) is 7.20. The van der Waals surface area contributed by atoms with E-state index >= 15 is 0 Å². The lowest BCUT2D eigenvalue weighted by molar-refractivity contribution is 0.220. The minimum absolute atomic E-state index is 0.633. The fraction of sp³-hybridized carbons (Fsp3) is 1.00. The largest absolute Gasteiger partial charge is 0.312 e. The van der Waals surface area contributed by atoms with Crippen LogP contribution in [0.25, 0.3) is 0 Å². The molecule has 1 aliphatic carbocycles. The summed E-state index contributed by atoms with van der Waals surface area (Å²) in [5.74, 6) is 1.96. The molecule has 0 saturated heterocycles. The highest BCUT2D eigenvalue weighted by Crippen LogP contribution is 2.32. The zero-order chi connectivity index (χ0) is 10.6. The van der Waals surface area contributed by atoms with Crippen LogP contribution in [0.2, 0.25) is 0 Å². The van der Waals surface area contributed by atoms with Crippen LogP contribution in [0.3, 0.4) is 0 Å². The predicted molar refractivity (Wildman–Crippen MR) is 63.5 cm³/mol. The Morgan fingerprint density at radius 2 is 1.64 bits per heavy atom. The molecule has 1 rings (SSSR count). The van der Waals surface area contributed by atoms with E-state index in [9.17, 15) is 0 Å². The van der Waals surface area contributed by atoms with Crippen LogP contribution in [-0.4, -0.2) is 12.1 Å². The normalized spacial score (nSPS) is 30.6. The fourth-order valence-electron chi connectivity index (χ4n) is 2.76. The van der Waals surface area contributed by atoms with Crippen LogP contribution < -0.4 is 5.32 Å². The van der Waals surface area contributed by atoms with Crippen LogP contribution >= 0.6 is 0 Å². The summed E-state index contributed by atoms with van der Waals surface area (Å²) in [6, 6.07) is 1.35. The van der Waals surface area contributed by atoms with Gasteiger partial charge in [0.2, 0.25) is 0 Å². The maximum Gasteiger partial charge on any atom is 0.00693 e. The second kappa shape index (κ2) is 5.75. The van der Waals surface area contributed by atoms with Crippen molar-refractivity contribution in [1.82, 2.24) is 5.32 Å². The van der Waals surface area contributed by atoms with Crippen LogP contribution in [0, 0.1) is 11.8 Å². The summed E-state index contributed by atoms with van der Waals surface area (Å²) < 4.78 is 0. The Morgan fingerprint density at radius 1 is 1.07 bits per heavy atom. The predicted octanol–water partition coefficient (Wildman–Crippen LogP) is 3.59. The van der Waals surface area contributed by atoms with Gasteiger partial charge >= 0.3 is 0 Å². The van der Waals surface area contributed by atoms with Gasteiger partial charge in [-0.25, -0.2) is 0 Å². The van der Waals surface area contributed by atoms with Crippen molar-refractivity contribution in [3.63, 3.8) is 0 Å². The molecule has 1 nitrogen and oxygen atoms in total. The Labute approximate surface area is 89.7 Å². The molecule has 84 valence electrons. The van der Waals surface area contributed by atoms with E-state index in [-0.39, 0.29) is 0 Å². The average molecular weight is 197 g/mol. The topological polar surface area (TPSA) is 12.0 Å². The number of rotatable bonds is 4. The number of nitrogens with one attached hydrogen (secondary N) is 1. The SMILES string of the molecule is CCC1CCC([C@H](C)NC(C)C)CC1. The van der Waals surface area contributed by atoms with Crippen LogP contribution in [0.15, 0.2) is 0 Å². The van der Waals surface area contributed by atoms with Crippen molar-refractivity contribution in [3.8, 4) is 0 Å². The molecule has 1 saturated carbocycles. The maximum atomic E-state index is 3.65. The molecule has 1 N–H and O–H groups in total. The van der Waals surface area contributed by atoms with Crippen molar-refractivity contribution in [3.05, 3.63) is 0 Å². The monoisotopic (exact) mass is 197 g/mol. The molecule has 1 fully saturated rings. The maximum absolute atomic E-state index is 3.65. The van der Waals surface area contributed by atoms with Gasteiger partial charge in [0.1, 0.15) is 0 Å². The molecule has 0 heterocycles. The van der Waals surface area contributed by atoms with Gasteiger partial charge < -0.3 is 5.32 Å². The van der Waals surface area contributed by atoms with E-state index in [4.69, 9.17) is 0 Å². The van der Waals surface area contributed by atoms with Gasteiger partial charge in [-0.3, -0.25) is 0 Å². The number of hydrogen-bond acceptors (Lipinski definition) is 1.